The van der Waals surface area contributed by atoms with Gasteiger partial charge in [-0.25, -0.2) is 0 Å². The topological polar surface area (TPSA) is 106 Å². The fraction of sp³-hybridized carbons (Fsp3) is 0.143. The van der Waals surface area contributed by atoms with Crippen LogP contribution in [0.4, 0.5) is 17.3 Å². The van der Waals surface area contributed by atoms with Crippen LogP contribution in [0, 0.1) is 10.1 Å². The van der Waals surface area contributed by atoms with Crippen molar-refractivity contribution in [2.45, 2.75) is 12.8 Å². The van der Waals surface area contributed by atoms with E-state index in [2.05, 4.69) is 5.32 Å². The van der Waals surface area contributed by atoms with E-state index in [0.717, 1.165) is 30.2 Å². The lowest BCUT2D eigenvalue weighted by molar-refractivity contribution is -0.402. The van der Waals surface area contributed by atoms with Crippen LogP contribution in [-0.4, -0.2) is 23.3 Å². The normalized spacial score (nSPS) is 12.9. The molecule has 1 aromatic heterocycles. The summed E-state index contributed by atoms with van der Waals surface area (Å²) < 4.78 is 4.93. The molecule has 2 amide bonds. The fourth-order valence-electron chi connectivity index (χ4n) is 3.36. The van der Waals surface area contributed by atoms with Gasteiger partial charge < -0.3 is 14.6 Å². The number of anilines is 2. The van der Waals surface area contributed by atoms with Crippen LogP contribution < -0.4 is 10.2 Å². The molecule has 0 aliphatic carbocycles. The van der Waals surface area contributed by atoms with Gasteiger partial charge in [0.05, 0.1) is 6.07 Å². The molecular weight excluding hydrogens is 374 g/mol. The number of fused-ring (bicyclic) bond motifs is 1. The molecule has 4 rings (SSSR count). The van der Waals surface area contributed by atoms with E-state index in [1.807, 2.05) is 24.3 Å². The number of aryl methyl sites for hydroxylation is 1. The second-order valence-electron chi connectivity index (χ2n) is 6.62. The summed E-state index contributed by atoms with van der Waals surface area (Å²) in [4.78, 5) is 36.9. The maximum Gasteiger partial charge on any atom is 0.433 e. The van der Waals surface area contributed by atoms with Crippen LogP contribution >= 0.6 is 0 Å². The van der Waals surface area contributed by atoms with Gasteiger partial charge in [0.15, 0.2) is 5.76 Å². The Bertz CT molecular complexity index is 1090. The second-order valence-corrected chi connectivity index (χ2v) is 6.62. The molecule has 0 unspecified atom stereocenters. The van der Waals surface area contributed by atoms with Gasteiger partial charge in [-0.1, -0.05) is 18.2 Å². The third-order valence-corrected chi connectivity index (χ3v) is 4.72. The van der Waals surface area contributed by atoms with E-state index in [1.165, 1.54) is 6.07 Å². The number of amides is 2. The van der Waals surface area contributed by atoms with Crippen molar-refractivity contribution in [3.63, 3.8) is 0 Å². The number of carbonyl (C=O) groups is 2. The Morgan fingerprint density at radius 2 is 1.86 bits per heavy atom. The minimum atomic E-state index is -0.700. The number of nitrogens with one attached hydrogen (secondary N) is 1. The van der Waals surface area contributed by atoms with Gasteiger partial charge in [0, 0.05) is 23.5 Å². The highest BCUT2D eigenvalue weighted by atomic mass is 16.6. The number of rotatable bonds is 4. The minimum absolute atomic E-state index is 0.0637. The van der Waals surface area contributed by atoms with E-state index in [1.54, 1.807) is 29.2 Å². The first-order valence-corrected chi connectivity index (χ1v) is 9.08. The Hall–Kier alpha value is -3.94. The van der Waals surface area contributed by atoms with Gasteiger partial charge in [-0.3, -0.25) is 19.7 Å². The van der Waals surface area contributed by atoms with Crippen molar-refractivity contribution in [2.24, 2.45) is 0 Å². The summed E-state index contributed by atoms with van der Waals surface area (Å²) in [5, 5.41) is 13.4. The largest absolute Gasteiger partial charge is 0.433 e. The maximum atomic E-state index is 12.9. The first-order chi connectivity index (χ1) is 14.0. The van der Waals surface area contributed by atoms with E-state index >= 15 is 0 Å². The highest BCUT2D eigenvalue weighted by Crippen LogP contribution is 2.31. The number of carbonyl (C=O) groups excluding carboxylic acids is 2. The zero-order chi connectivity index (χ0) is 20.4. The molecule has 8 heteroatoms. The van der Waals surface area contributed by atoms with Crippen molar-refractivity contribution in [1.82, 2.24) is 0 Å². The smallest absolute Gasteiger partial charge is 0.395 e. The van der Waals surface area contributed by atoms with Crippen molar-refractivity contribution in [2.75, 3.05) is 16.8 Å². The van der Waals surface area contributed by atoms with Gasteiger partial charge >= 0.3 is 5.88 Å². The average Bonchev–Trinajstić information content (AvgIpc) is 3.24. The van der Waals surface area contributed by atoms with Gasteiger partial charge in [0.25, 0.3) is 11.8 Å². The molecule has 1 aliphatic heterocycles. The Morgan fingerprint density at radius 1 is 1.07 bits per heavy atom. The molecule has 0 bridgehead atoms. The predicted molar refractivity (Wildman–Crippen MR) is 106 cm³/mol. The molecule has 1 N–H and O–H groups in total. The van der Waals surface area contributed by atoms with Gasteiger partial charge in [-0.2, -0.15) is 0 Å². The highest BCUT2D eigenvalue weighted by Gasteiger charge is 2.24. The van der Waals surface area contributed by atoms with E-state index < -0.39 is 16.7 Å². The number of benzene rings is 2. The lowest BCUT2D eigenvalue weighted by Crippen LogP contribution is -2.35. The fourth-order valence-corrected chi connectivity index (χ4v) is 3.36. The van der Waals surface area contributed by atoms with Crippen molar-refractivity contribution in [1.29, 1.82) is 0 Å². The molecule has 2 heterocycles. The Balaban J connectivity index is 1.54. The van der Waals surface area contributed by atoms with Crippen LogP contribution in [0.15, 0.2) is 65.1 Å². The quantitative estimate of drug-likeness (QED) is 0.534. The van der Waals surface area contributed by atoms with Gasteiger partial charge in [-0.15, -0.1) is 0 Å². The van der Waals surface area contributed by atoms with E-state index in [4.69, 9.17) is 4.42 Å². The average molecular weight is 391 g/mol. The Morgan fingerprint density at radius 3 is 2.59 bits per heavy atom. The molecule has 2 aromatic carbocycles. The molecule has 0 fully saturated rings. The van der Waals surface area contributed by atoms with Gasteiger partial charge in [-0.05, 0) is 54.8 Å². The van der Waals surface area contributed by atoms with Gasteiger partial charge in [0.1, 0.15) is 4.92 Å². The third kappa shape index (κ3) is 3.73. The van der Waals surface area contributed by atoms with Crippen molar-refractivity contribution >= 4 is 29.1 Å². The lowest BCUT2D eigenvalue weighted by atomic mass is 10.00. The van der Waals surface area contributed by atoms with Crippen LogP contribution in [0.25, 0.3) is 0 Å². The molecule has 1 aliphatic rings. The Kier molecular flexibility index (Phi) is 4.82. The molecule has 3 aromatic rings. The highest BCUT2D eigenvalue weighted by molar-refractivity contribution is 6.07. The predicted octanol–water partition coefficient (Wildman–Crippen LogP) is 4.03. The van der Waals surface area contributed by atoms with E-state index in [0.29, 0.717) is 17.8 Å². The van der Waals surface area contributed by atoms with Crippen LogP contribution in [0.2, 0.25) is 0 Å². The zero-order valence-corrected chi connectivity index (χ0v) is 15.3. The summed E-state index contributed by atoms with van der Waals surface area (Å²) in [5.41, 5.74) is 2.92. The van der Waals surface area contributed by atoms with E-state index in [9.17, 15) is 19.7 Å². The summed E-state index contributed by atoms with van der Waals surface area (Å²) in [6, 6.07) is 16.8. The zero-order valence-electron chi connectivity index (χ0n) is 15.3. The maximum absolute atomic E-state index is 12.9. The molecule has 29 heavy (non-hydrogen) atoms. The standard InChI is InChI=1S/C21H17N3O5/c25-20(18-10-11-19(29-18)24(27)28)22-16-8-9-17-15(13-16)7-4-12-23(17)21(26)14-5-2-1-3-6-14/h1-3,5-6,8-11,13H,4,7,12H2,(H,22,25). The van der Waals surface area contributed by atoms with Crippen LogP contribution in [0.3, 0.4) is 0 Å². The first-order valence-electron chi connectivity index (χ1n) is 9.08. The summed E-state index contributed by atoms with van der Waals surface area (Å²) in [6.45, 7) is 0.627. The molecule has 0 atom stereocenters. The molecule has 0 saturated carbocycles. The molecular formula is C21H17N3O5. The summed E-state index contributed by atoms with van der Waals surface area (Å²) in [5.74, 6) is -1.27. The summed E-state index contributed by atoms with van der Waals surface area (Å²) >= 11 is 0. The first kappa shape index (κ1) is 18.4. The van der Waals surface area contributed by atoms with Crippen molar-refractivity contribution < 1.29 is 18.9 Å². The van der Waals surface area contributed by atoms with Crippen LogP contribution in [-0.2, 0) is 6.42 Å². The number of furan rings is 1. The number of hydrogen-bond donors (Lipinski definition) is 1. The lowest BCUT2D eigenvalue weighted by Gasteiger charge is -2.30. The minimum Gasteiger partial charge on any atom is -0.395 e. The summed E-state index contributed by atoms with van der Waals surface area (Å²) in [6.07, 6.45) is 1.59. The molecule has 0 spiro atoms. The number of hydrogen-bond acceptors (Lipinski definition) is 5. The third-order valence-electron chi connectivity index (χ3n) is 4.72. The van der Waals surface area contributed by atoms with Crippen LogP contribution in [0.5, 0.6) is 0 Å². The number of nitrogens with zero attached hydrogens (tertiary/aromatic N) is 2. The van der Waals surface area contributed by atoms with Crippen molar-refractivity contribution in [3.05, 3.63) is 87.7 Å². The van der Waals surface area contributed by atoms with Crippen LogP contribution in [0.1, 0.15) is 32.9 Å². The molecule has 8 nitrogen and oxygen atoms in total. The summed E-state index contributed by atoms with van der Waals surface area (Å²) in [7, 11) is 0. The van der Waals surface area contributed by atoms with E-state index in [-0.39, 0.29) is 11.7 Å². The number of nitro groups is 1. The molecule has 0 radical (unpaired) electrons. The molecule has 0 saturated heterocycles. The van der Waals surface area contributed by atoms with Gasteiger partial charge in [0.2, 0.25) is 0 Å². The second kappa shape index (κ2) is 7.59. The van der Waals surface area contributed by atoms with Crippen molar-refractivity contribution in [3.8, 4) is 0 Å². The molecule has 146 valence electrons. The monoisotopic (exact) mass is 391 g/mol. The SMILES string of the molecule is O=C(Nc1ccc2c(c1)CCCN2C(=O)c1ccccc1)c1ccc([N+](=O)[O-])o1. The Labute approximate surface area is 165 Å².